The molecule has 0 radical (unpaired) electrons. The van der Waals surface area contributed by atoms with Crippen LogP contribution in [0.2, 0.25) is 5.15 Å². The number of nitrogens with one attached hydrogen (secondary N) is 3. The Bertz CT molecular complexity index is 1540. The number of carbonyl (C=O) groups excluding carboxylic acids is 3. The molecule has 41 heavy (non-hydrogen) atoms. The summed E-state index contributed by atoms with van der Waals surface area (Å²) in [5.74, 6) is -5.66. The number of sulfonamides is 1. The van der Waals surface area contributed by atoms with Crippen molar-refractivity contribution >= 4 is 45.0 Å². The smallest absolute Gasteiger partial charge is 0.408 e. The van der Waals surface area contributed by atoms with Gasteiger partial charge >= 0.3 is 18.0 Å². The number of benzene rings is 1. The lowest BCUT2D eigenvalue weighted by Gasteiger charge is -2.48. The lowest BCUT2D eigenvalue weighted by Crippen LogP contribution is -2.74. The molecule has 1 atom stereocenters. The van der Waals surface area contributed by atoms with E-state index in [4.69, 9.17) is 16.3 Å². The van der Waals surface area contributed by atoms with Crippen LogP contribution in [0.25, 0.3) is 0 Å². The fourth-order valence-electron chi connectivity index (χ4n) is 4.25. The van der Waals surface area contributed by atoms with Gasteiger partial charge in [0.05, 0.1) is 5.56 Å². The van der Waals surface area contributed by atoms with Gasteiger partial charge in [-0.1, -0.05) is 11.6 Å². The first kappa shape index (κ1) is 30.4. The topological polar surface area (TPSA) is 139 Å². The maximum absolute atomic E-state index is 13.6. The van der Waals surface area contributed by atoms with Crippen molar-refractivity contribution in [2.24, 2.45) is 7.05 Å². The number of carbonyl (C=O) groups is 3. The summed E-state index contributed by atoms with van der Waals surface area (Å²) >= 11 is 6.21. The zero-order chi connectivity index (χ0) is 30.7. The quantitative estimate of drug-likeness (QED) is 0.350. The van der Waals surface area contributed by atoms with E-state index >= 15 is 0 Å². The standard InChI is InChI=1S/C22H20ClF6N5O6S/c1-9(22(27,28)29)30-19(36)20(37)34-6-21(7-34)8-40-14-13(33(2)16(23)15(14)41(38,39)32-21)18(35)31-10-3-4-12(24)11(5-10)17(25)26/h3-5,9,17,32H,6-8H2,1-2H3,(H,30,36)(H,31,35). The Balaban J connectivity index is 1.55. The van der Waals surface area contributed by atoms with E-state index in [0.29, 0.717) is 19.1 Å². The molecule has 2 aliphatic heterocycles. The molecular weight excluding hydrogens is 612 g/mol. The monoisotopic (exact) mass is 631 g/mol. The first-order valence-electron chi connectivity index (χ1n) is 11.5. The third kappa shape index (κ3) is 5.67. The van der Waals surface area contributed by atoms with Crippen LogP contribution < -0.4 is 20.1 Å². The highest BCUT2D eigenvalue weighted by atomic mass is 35.5. The van der Waals surface area contributed by atoms with Crippen LogP contribution in [0.5, 0.6) is 5.75 Å². The molecule has 2 aromatic rings. The van der Waals surface area contributed by atoms with Gasteiger partial charge in [0.25, 0.3) is 12.3 Å². The molecule has 0 bridgehead atoms. The molecule has 2 aliphatic rings. The summed E-state index contributed by atoms with van der Waals surface area (Å²) in [7, 11) is -3.34. The fourth-order valence-corrected chi connectivity index (χ4v) is 6.34. The molecule has 1 saturated heterocycles. The molecule has 3 heterocycles. The van der Waals surface area contributed by atoms with E-state index in [1.807, 2.05) is 0 Å². The number of fused-ring (bicyclic) bond motifs is 1. The Morgan fingerprint density at radius 2 is 1.83 bits per heavy atom. The molecule has 19 heteroatoms. The van der Waals surface area contributed by atoms with Crippen LogP contribution in [0, 0.1) is 5.82 Å². The number of hydrogen-bond donors (Lipinski definition) is 3. The lowest BCUT2D eigenvalue weighted by molar-refractivity contribution is -0.164. The van der Waals surface area contributed by atoms with E-state index in [0.717, 1.165) is 15.5 Å². The van der Waals surface area contributed by atoms with Crippen LogP contribution in [0.4, 0.5) is 32.0 Å². The number of halogens is 7. The van der Waals surface area contributed by atoms with E-state index in [1.54, 1.807) is 0 Å². The highest BCUT2D eigenvalue weighted by molar-refractivity contribution is 7.89. The number of hydrogen-bond acceptors (Lipinski definition) is 6. The van der Waals surface area contributed by atoms with Crippen molar-refractivity contribution < 1.29 is 53.9 Å². The lowest BCUT2D eigenvalue weighted by atomic mass is 9.92. The van der Waals surface area contributed by atoms with Crippen molar-refractivity contribution in [3.8, 4) is 5.75 Å². The number of nitrogens with zero attached hydrogens (tertiary/aromatic N) is 2. The minimum atomic E-state index is -4.80. The van der Waals surface area contributed by atoms with Crippen LogP contribution in [-0.4, -0.2) is 73.1 Å². The maximum Gasteiger partial charge on any atom is 0.408 e. The van der Waals surface area contributed by atoms with Crippen LogP contribution >= 0.6 is 11.6 Å². The van der Waals surface area contributed by atoms with Gasteiger partial charge in [-0.3, -0.25) is 14.4 Å². The summed E-state index contributed by atoms with van der Waals surface area (Å²) in [5.41, 5.74) is -3.20. The zero-order valence-electron chi connectivity index (χ0n) is 20.9. The summed E-state index contributed by atoms with van der Waals surface area (Å²) in [6.07, 6.45) is -7.98. The Morgan fingerprint density at radius 3 is 2.41 bits per heavy atom. The predicted octanol–water partition coefficient (Wildman–Crippen LogP) is 2.33. The molecule has 1 aromatic heterocycles. The second-order valence-electron chi connectivity index (χ2n) is 9.42. The normalized spacial score (nSPS) is 18.1. The van der Waals surface area contributed by atoms with Gasteiger partial charge in [0.15, 0.2) is 16.3 Å². The summed E-state index contributed by atoms with van der Waals surface area (Å²) in [6.45, 7) is -0.810. The summed E-state index contributed by atoms with van der Waals surface area (Å²) in [5, 5.41) is 3.29. The van der Waals surface area contributed by atoms with Crippen LogP contribution in [-0.2, 0) is 26.7 Å². The van der Waals surface area contributed by atoms with Gasteiger partial charge in [0.2, 0.25) is 10.0 Å². The van der Waals surface area contributed by atoms with Gasteiger partial charge < -0.3 is 24.8 Å². The van der Waals surface area contributed by atoms with Gasteiger partial charge in [0, 0.05) is 25.8 Å². The first-order valence-corrected chi connectivity index (χ1v) is 13.3. The highest BCUT2D eigenvalue weighted by Crippen LogP contribution is 2.41. The van der Waals surface area contributed by atoms with E-state index in [-0.39, 0.29) is 5.69 Å². The molecule has 3 amide bonds. The summed E-state index contributed by atoms with van der Waals surface area (Å²) in [6, 6.07) is 0.0913. The average Bonchev–Trinajstić information content (AvgIpc) is 3.02. The molecule has 1 fully saturated rings. The molecule has 1 spiro atoms. The molecule has 0 aliphatic carbocycles. The van der Waals surface area contributed by atoms with E-state index < -0.39 is 104 Å². The number of aromatic nitrogens is 1. The largest absolute Gasteiger partial charge is 0.488 e. The van der Waals surface area contributed by atoms with Crippen molar-refractivity contribution in [2.45, 2.75) is 36.0 Å². The molecule has 11 nitrogen and oxygen atoms in total. The molecule has 0 saturated carbocycles. The molecule has 4 rings (SSSR count). The highest BCUT2D eigenvalue weighted by Gasteiger charge is 2.53. The van der Waals surface area contributed by atoms with Gasteiger partial charge in [-0.25, -0.2) is 21.6 Å². The Kier molecular flexibility index (Phi) is 7.72. The molecule has 1 aromatic carbocycles. The molecule has 224 valence electrons. The molecule has 1 unspecified atom stereocenters. The Labute approximate surface area is 232 Å². The number of likely N-dealkylation sites (tertiary alicyclic amines) is 1. The number of ether oxygens (including phenoxy) is 1. The minimum Gasteiger partial charge on any atom is -0.488 e. The Hall–Kier alpha value is -3.51. The van der Waals surface area contributed by atoms with Crippen LogP contribution in [0.1, 0.15) is 29.4 Å². The number of amides is 3. The van der Waals surface area contributed by atoms with Crippen molar-refractivity contribution in [3.63, 3.8) is 0 Å². The second-order valence-corrected chi connectivity index (χ2v) is 11.4. The van der Waals surface area contributed by atoms with Crippen molar-refractivity contribution in [3.05, 3.63) is 40.4 Å². The fraction of sp³-hybridized carbons (Fsp3) is 0.409. The molecular formula is C22H20ClF6N5O6S. The van der Waals surface area contributed by atoms with Gasteiger partial charge in [0.1, 0.15) is 29.2 Å². The van der Waals surface area contributed by atoms with E-state index in [2.05, 4.69) is 10.0 Å². The van der Waals surface area contributed by atoms with Crippen LogP contribution in [0.3, 0.4) is 0 Å². The number of alkyl halides is 5. The van der Waals surface area contributed by atoms with Crippen molar-refractivity contribution in [2.75, 3.05) is 25.0 Å². The van der Waals surface area contributed by atoms with Crippen molar-refractivity contribution in [1.29, 1.82) is 0 Å². The summed E-state index contributed by atoms with van der Waals surface area (Å²) in [4.78, 5) is 37.5. The third-order valence-electron chi connectivity index (χ3n) is 6.36. The minimum absolute atomic E-state index is 0.241. The summed E-state index contributed by atoms with van der Waals surface area (Å²) < 4.78 is 113. The van der Waals surface area contributed by atoms with Crippen molar-refractivity contribution in [1.82, 2.24) is 19.5 Å². The number of rotatable bonds is 4. The average molecular weight is 632 g/mol. The maximum atomic E-state index is 13.6. The third-order valence-corrected chi connectivity index (χ3v) is 8.53. The molecule has 3 N–H and O–H groups in total. The van der Waals surface area contributed by atoms with E-state index in [9.17, 15) is 49.1 Å². The number of anilines is 1. The van der Waals surface area contributed by atoms with Gasteiger partial charge in [-0.05, 0) is 25.1 Å². The van der Waals surface area contributed by atoms with Crippen LogP contribution in [0.15, 0.2) is 23.1 Å². The van der Waals surface area contributed by atoms with Gasteiger partial charge in [-0.15, -0.1) is 0 Å². The van der Waals surface area contributed by atoms with E-state index in [1.165, 1.54) is 12.4 Å². The van der Waals surface area contributed by atoms with Gasteiger partial charge in [-0.2, -0.15) is 17.9 Å². The second kappa shape index (κ2) is 10.4. The SMILES string of the molecule is CC(NC(=O)C(=O)N1CC2(COc3c(c(Cl)n(C)c3C(=O)Nc3ccc(F)c(C(F)F)c3)S(=O)(=O)N2)C1)C(F)(F)F. The first-order chi connectivity index (χ1) is 18.9. The predicted molar refractivity (Wildman–Crippen MR) is 129 cm³/mol. The zero-order valence-corrected chi connectivity index (χ0v) is 22.5. The Morgan fingerprint density at radius 1 is 1.20 bits per heavy atom.